The molecular weight excluding hydrogens is 326 g/mol. The molecule has 2 N–H and O–H groups in total. The number of benzene rings is 1. The zero-order valence-electron chi connectivity index (χ0n) is 13.7. The Morgan fingerprint density at radius 1 is 1.33 bits per heavy atom. The van der Waals surface area contributed by atoms with Crippen molar-refractivity contribution in [3.05, 3.63) is 52.8 Å². The molecule has 0 aliphatic carbocycles. The van der Waals surface area contributed by atoms with Crippen LogP contribution in [0, 0.1) is 0 Å². The van der Waals surface area contributed by atoms with Crippen LogP contribution in [-0.2, 0) is 0 Å². The Morgan fingerprint density at radius 3 is 2.62 bits per heavy atom. The van der Waals surface area contributed by atoms with Crippen molar-refractivity contribution in [2.75, 3.05) is 26.7 Å². The lowest BCUT2D eigenvalue weighted by Gasteiger charge is -2.28. The molecule has 1 aliphatic heterocycles. The highest BCUT2D eigenvalue weighted by Gasteiger charge is 2.24. The fourth-order valence-electron chi connectivity index (χ4n) is 3.12. The Morgan fingerprint density at radius 2 is 2.04 bits per heavy atom. The Hall–Kier alpha value is -1.98. The number of nitrogens with one attached hydrogen (secondary N) is 2. The highest BCUT2D eigenvalue weighted by atomic mass is 35.5. The lowest BCUT2D eigenvalue weighted by molar-refractivity contribution is 0.0933. The lowest BCUT2D eigenvalue weighted by Crippen LogP contribution is -2.36. The van der Waals surface area contributed by atoms with Crippen molar-refractivity contribution in [2.45, 2.75) is 18.9 Å². The minimum atomic E-state index is -0.139. The van der Waals surface area contributed by atoms with Gasteiger partial charge in [-0.3, -0.25) is 9.69 Å². The summed E-state index contributed by atoms with van der Waals surface area (Å²) in [6.45, 7) is 2.67. The summed E-state index contributed by atoms with van der Waals surface area (Å²) in [5.41, 5.74) is 1.66. The number of likely N-dealkylation sites (tertiary alicyclic amines) is 1. The minimum absolute atomic E-state index is 0.139. The summed E-state index contributed by atoms with van der Waals surface area (Å²) in [4.78, 5) is 17.6. The zero-order chi connectivity index (χ0) is 16.9. The topological polar surface area (TPSA) is 57.4 Å². The molecular formula is C18H22ClN3O2. The number of carbonyl (C=O) groups is 1. The average Bonchev–Trinajstić information content (AvgIpc) is 3.27. The Labute approximate surface area is 146 Å². The van der Waals surface area contributed by atoms with Crippen molar-refractivity contribution >= 4 is 17.5 Å². The van der Waals surface area contributed by atoms with Crippen molar-refractivity contribution in [1.29, 1.82) is 0 Å². The third kappa shape index (κ3) is 3.91. The van der Waals surface area contributed by atoms with Crippen LogP contribution in [0.3, 0.4) is 0 Å². The number of methoxy groups -OCH3 is 1. The molecule has 3 rings (SSSR count). The first-order chi connectivity index (χ1) is 11.7. The van der Waals surface area contributed by atoms with Crippen LogP contribution in [0.15, 0.2) is 36.5 Å². The Balaban J connectivity index is 1.71. The second-order valence-electron chi connectivity index (χ2n) is 5.97. The monoisotopic (exact) mass is 347 g/mol. The Kier molecular flexibility index (Phi) is 5.43. The normalized spacial score (nSPS) is 16.1. The molecule has 1 fully saturated rings. The van der Waals surface area contributed by atoms with E-state index in [0.717, 1.165) is 18.8 Å². The Bertz CT molecular complexity index is 678. The first-order valence-corrected chi connectivity index (χ1v) is 8.55. The molecule has 0 bridgehead atoms. The van der Waals surface area contributed by atoms with Gasteiger partial charge in [-0.1, -0.05) is 23.7 Å². The van der Waals surface area contributed by atoms with Gasteiger partial charge in [0.05, 0.1) is 18.2 Å². The number of ether oxygens (including phenoxy) is 1. The molecule has 0 spiro atoms. The van der Waals surface area contributed by atoms with E-state index in [-0.39, 0.29) is 11.9 Å². The van der Waals surface area contributed by atoms with E-state index in [9.17, 15) is 4.79 Å². The van der Waals surface area contributed by atoms with E-state index in [1.807, 2.05) is 12.1 Å². The maximum absolute atomic E-state index is 12.3. The minimum Gasteiger partial charge on any atom is -0.497 e. The zero-order valence-corrected chi connectivity index (χ0v) is 14.5. The highest BCUT2D eigenvalue weighted by Crippen LogP contribution is 2.26. The number of halogens is 1. The van der Waals surface area contributed by atoms with E-state index >= 15 is 0 Å². The van der Waals surface area contributed by atoms with Gasteiger partial charge in [0.15, 0.2) is 0 Å². The van der Waals surface area contributed by atoms with Gasteiger partial charge in [0.2, 0.25) is 0 Å². The summed E-state index contributed by atoms with van der Waals surface area (Å²) < 4.78 is 5.23. The first kappa shape index (κ1) is 16.9. The molecule has 1 aromatic heterocycles. The summed E-state index contributed by atoms with van der Waals surface area (Å²) >= 11 is 5.86. The second-order valence-corrected chi connectivity index (χ2v) is 6.41. The number of rotatable bonds is 6. The van der Waals surface area contributed by atoms with Crippen LogP contribution in [-0.4, -0.2) is 42.5 Å². The van der Waals surface area contributed by atoms with Gasteiger partial charge in [-0.05, 0) is 49.7 Å². The number of hydrogen-bond acceptors (Lipinski definition) is 3. The van der Waals surface area contributed by atoms with Crippen LogP contribution in [0.5, 0.6) is 5.75 Å². The molecule has 24 heavy (non-hydrogen) atoms. The quantitative estimate of drug-likeness (QED) is 0.843. The SMILES string of the molecule is COc1ccc(C(CNC(=O)c2cc(Cl)c[nH]2)N2CCCC2)cc1. The van der Waals surface area contributed by atoms with Crippen LogP contribution in [0.25, 0.3) is 0 Å². The molecule has 2 aromatic rings. The fourth-order valence-corrected chi connectivity index (χ4v) is 3.28. The molecule has 0 radical (unpaired) electrons. The van der Waals surface area contributed by atoms with Gasteiger partial charge >= 0.3 is 0 Å². The van der Waals surface area contributed by atoms with Gasteiger partial charge in [0.25, 0.3) is 5.91 Å². The molecule has 6 heteroatoms. The number of amides is 1. The third-order valence-corrected chi connectivity index (χ3v) is 4.65. The van der Waals surface area contributed by atoms with Crippen LogP contribution in [0.2, 0.25) is 5.02 Å². The molecule has 5 nitrogen and oxygen atoms in total. The lowest BCUT2D eigenvalue weighted by atomic mass is 10.1. The number of nitrogens with zero attached hydrogens (tertiary/aromatic N) is 1. The van der Waals surface area contributed by atoms with Crippen molar-refractivity contribution in [3.8, 4) is 5.75 Å². The smallest absolute Gasteiger partial charge is 0.267 e. The van der Waals surface area contributed by atoms with Gasteiger partial charge in [-0.15, -0.1) is 0 Å². The fraction of sp³-hybridized carbons (Fsp3) is 0.389. The van der Waals surface area contributed by atoms with Crippen LogP contribution < -0.4 is 10.1 Å². The number of hydrogen-bond donors (Lipinski definition) is 2. The molecule has 1 unspecified atom stereocenters. The van der Waals surface area contributed by atoms with E-state index in [1.165, 1.54) is 18.4 Å². The maximum Gasteiger partial charge on any atom is 0.267 e. The van der Waals surface area contributed by atoms with E-state index in [1.54, 1.807) is 19.4 Å². The van der Waals surface area contributed by atoms with Crippen molar-refractivity contribution in [2.24, 2.45) is 0 Å². The van der Waals surface area contributed by atoms with Crippen molar-refractivity contribution < 1.29 is 9.53 Å². The standard InChI is InChI=1S/C18H22ClN3O2/c1-24-15-6-4-13(5-7-15)17(22-8-2-3-9-22)12-21-18(23)16-10-14(19)11-20-16/h4-7,10-11,17,20H,2-3,8-9,12H2,1H3,(H,21,23). The molecule has 2 heterocycles. The van der Waals surface area contributed by atoms with Crippen LogP contribution >= 0.6 is 11.6 Å². The molecule has 128 valence electrons. The number of H-pyrrole nitrogens is 1. The summed E-state index contributed by atoms with van der Waals surface area (Å²) in [6, 6.07) is 9.86. The van der Waals surface area contributed by atoms with Gasteiger partial charge in [-0.25, -0.2) is 0 Å². The third-order valence-electron chi connectivity index (χ3n) is 4.43. The highest BCUT2D eigenvalue weighted by molar-refractivity contribution is 6.30. The van der Waals surface area contributed by atoms with E-state index < -0.39 is 0 Å². The van der Waals surface area contributed by atoms with Crippen LogP contribution in [0.1, 0.15) is 34.9 Å². The van der Waals surface area contributed by atoms with Crippen molar-refractivity contribution in [3.63, 3.8) is 0 Å². The molecule has 1 atom stereocenters. The second kappa shape index (κ2) is 7.73. The maximum atomic E-state index is 12.3. The van der Waals surface area contributed by atoms with Gasteiger partial charge < -0.3 is 15.0 Å². The summed E-state index contributed by atoms with van der Waals surface area (Å²) in [5.74, 6) is 0.698. The predicted molar refractivity (Wildman–Crippen MR) is 94.7 cm³/mol. The molecule has 1 aromatic carbocycles. The van der Waals surface area contributed by atoms with Gasteiger partial charge in [0, 0.05) is 12.7 Å². The number of carbonyl (C=O) groups excluding carboxylic acids is 1. The molecule has 1 saturated heterocycles. The molecule has 0 saturated carbocycles. The number of aromatic amines is 1. The summed E-state index contributed by atoms with van der Waals surface area (Å²) in [5, 5.41) is 3.55. The van der Waals surface area contributed by atoms with Gasteiger partial charge in [-0.2, -0.15) is 0 Å². The summed E-state index contributed by atoms with van der Waals surface area (Å²) in [7, 11) is 1.66. The average molecular weight is 348 g/mol. The summed E-state index contributed by atoms with van der Waals surface area (Å²) in [6.07, 6.45) is 4.01. The van der Waals surface area contributed by atoms with Crippen LogP contribution in [0.4, 0.5) is 0 Å². The first-order valence-electron chi connectivity index (χ1n) is 8.17. The van der Waals surface area contributed by atoms with E-state index in [4.69, 9.17) is 16.3 Å². The molecule has 1 aliphatic rings. The predicted octanol–water partition coefficient (Wildman–Crippen LogP) is 3.24. The van der Waals surface area contributed by atoms with Crippen molar-refractivity contribution in [1.82, 2.24) is 15.2 Å². The van der Waals surface area contributed by atoms with E-state index in [0.29, 0.717) is 17.3 Å². The van der Waals surface area contributed by atoms with Gasteiger partial charge in [0.1, 0.15) is 11.4 Å². The largest absolute Gasteiger partial charge is 0.497 e. The molecule has 1 amide bonds. The number of aromatic nitrogens is 1. The van der Waals surface area contributed by atoms with E-state index in [2.05, 4.69) is 27.3 Å².